The van der Waals surface area contributed by atoms with Crippen LogP contribution in [0.3, 0.4) is 0 Å². The van der Waals surface area contributed by atoms with Crippen LogP contribution in [0.2, 0.25) is 10.0 Å². The fraction of sp³-hybridized carbons (Fsp3) is 0.0882. The molecule has 0 heterocycles. The highest BCUT2D eigenvalue weighted by Crippen LogP contribution is 2.32. The van der Waals surface area contributed by atoms with E-state index < -0.39 is 22.0 Å². The molecule has 1 atom stereocenters. The second-order valence-corrected chi connectivity index (χ2v) is 12.4. The third-order valence-electron chi connectivity index (χ3n) is 6.84. The van der Waals surface area contributed by atoms with Crippen molar-refractivity contribution < 1.29 is 23.1 Å². The van der Waals surface area contributed by atoms with Crippen LogP contribution >= 0.6 is 23.2 Å². The number of rotatable bonds is 11. The van der Waals surface area contributed by atoms with Crippen molar-refractivity contribution in [2.45, 2.75) is 17.5 Å². The highest BCUT2D eigenvalue weighted by atomic mass is 35.5. The summed E-state index contributed by atoms with van der Waals surface area (Å²) >= 11 is 12.5. The topological polar surface area (TPSA) is 95.9 Å². The van der Waals surface area contributed by atoms with E-state index in [4.69, 9.17) is 27.9 Å². The minimum atomic E-state index is -4.14. The molecule has 0 aromatic heterocycles. The Bertz CT molecular complexity index is 1840. The number of aliphatic hydroxyl groups excluding tert-OH is 1. The number of carbonyl (C=O) groups excluding carboxylic acids is 1. The van der Waals surface area contributed by atoms with Gasteiger partial charge in [0.1, 0.15) is 11.5 Å². The Balaban J connectivity index is 1.46. The number of amides is 1. The van der Waals surface area contributed by atoms with E-state index in [0.29, 0.717) is 16.5 Å². The lowest BCUT2D eigenvalue weighted by molar-refractivity contribution is 0.0569. The number of para-hydroxylation sites is 1. The average Bonchev–Trinajstić information content (AvgIpc) is 3.04. The predicted octanol–water partition coefficient (Wildman–Crippen LogP) is 7.96. The monoisotopic (exact) mass is 646 g/mol. The molecule has 0 unspecified atom stereocenters. The smallest absolute Gasteiger partial charge is 0.261 e. The van der Waals surface area contributed by atoms with E-state index in [9.17, 15) is 18.3 Å². The first-order chi connectivity index (χ1) is 21.2. The lowest BCUT2D eigenvalue weighted by Crippen LogP contribution is -2.37. The molecule has 5 rings (SSSR count). The van der Waals surface area contributed by atoms with E-state index in [1.54, 1.807) is 24.3 Å². The molecule has 0 aliphatic carbocycles. The molecule has 7 nitrogen and oxygen atoms in total. The van der Waals surface area contributed by atoms with E-state index in [1.807, 2.05) is 60.7 Å². The lowest BCUT2D eigenvalue weighted by atomic mass is 10.0. The minimum Gasteiger partial charge on any atom is -0.456 e. The minimum absolute atomic E-state index is 0.0325. The number of hydrogen-bond donors (Lipinski definition) is 2. The van der Waals surface area contributed by atoms with Gasteiger partial charge in [-0.2, -0.15) is 0 Å². The van der Waals surface area contributed by atoms with Gasteiger partial charge in [0.05, 0.1) is 33.8 Å². The maximum absolute atomic E-state index is 14.3. The van der Waals surface area contributed by atoms with E-state index >= 15 is 0 Å². The van der Waals surface area contributed by atoms with Crippen LogP contribution in [0.5, 0.6) is 11.5 Å². The van der Waals surface area contributed by atoms with Crippen LogP contribution in [0.1, 0.15) is 27.5 Å². The summed E-state index contributed by atoms with van der Waals surface area (Å²) in [5.74, 6) is 0.316. The Morgan fingerprint density at radius 1 is 0.818 bits per heavy atom. The highest BCUT2D eigenvalue weighted by molar-refractivity contribution is 7.92. The van der Waals surface area contributed by atoms with Crippen molar-refractivity contribution in [2.24, 2.45) is 0 Å². The Labute approximate surface area is 266 Å². The molecule has 5 aromatic rings. The van der Waals surface area contributed by atoms with Crippen molar-refractivity contribution in [3.63, 3.8) is 0 Å². The molecule has 0 spiro atoms. The van der Waals surface area contributed by atoms with Gasteiger partial charge in [-0.15, -0.1) is 0 Å². The number of ether oxygens (including phenoxy) is 1. The van der Waals surface area contributed by atoms with Crippen LogP contribution in [0, 0.1) is 0 Å². The van der Waals surface area contributed by atoms with Crippen LogP contribution in [0.4, 0.5) is 5.69 Å². The van der Waals surface area contributed by atoms with Crippen LogP contribution in [-0.2, 0) is 16.6 Å². The van der Waals surface area contributed by atoms with Crippen molar-refractivity contribution in [1.82, 2.24) is 4.90 Å². The zero-order chi connectivity index (χ0) is 31.1. The van der Waals surface area contributed by atoms with Crippen molar-refractivity contribution in [3.05, 3.63) is 154 Å². The Kier molecular flexibility index (Phi) is 9.87. The maximum Gasteiger partial charge on any atom is 0.261 e. The van der Waals surface area contributed by atoms with Crippen molar-refractivity contribution >= 4 is 44.8 Å². The largest absolute Gasteiger partial charge is 0.456 e. The summed E-state index contributed by atoms with van der Waals surface area (Å²) in [6, 6.07) is 34.9. The molecule has 2 N–H and O–H groups in total. The summed E-state index contributed by atoms with van der Waals surface area (Å²) in [5.41, 5.74) is 1.63. The fourth-order valence-corrected chi connectivity index (χ4v) is 6.07. The molecule has 0 saturated heterocycles. The van der Waals surface area contributed by atoms with Crippen LogP contribution in [-0.4, -0.2) is 30.9 Å². The number of aliphatic hydroxyl groups is 1. The summed E-state index contributed by atoms with van der Waals surface area (Å²) < 4.78 is 35.3. The Hall–Kier alpha value is -4.34. The zero-order valence-electron chi connectivity index (χ0n) is 23.3. The number of nitrogens with one attached hydrogen (secondary N) is 1. The third kappa shape index (κ3) is 7.41. The van der Waals surface area contributed by atoms with E-state index in [1.165, 1.54) is 47.4 Å². The number of nitrogens with zero attached hydrogens (tertiary/aromatic N) is 1. The molecule has 5 aromatic carbocycles. The molecule has 10 heteroatoms. The summed E-state index contributed by atoms with van der Waals surface area (Å²) in [4.78, 5) is 15.7. The molecular weight excluding hydrogens is 619 g/mol. The number of benzene rings is 5. The van der Waals surface area contributed by atoms with Gasteiger partial charge in [-0.05, 0) is 65.7 Å². The van der Waals surface area contributed by atoms with Crippen LogP contribution in [0.25, 0.3) is 0 Å². The SMILES string of the molecule is O=C(c1cc(Cl)ccc1NS(=O)(=O)c1ccc(Oc2ccccc2Cl)cc1)N(Cc1ccccc1)[C@@H](CO)c1ccccc1. The van der Waals surface area contributed by atoms with Gasteiger partial charge in [-0.3, -0.25) is 9.52 Å². The standard InChI is InChI=1S/C34H28Cl2N2O5S/c35-26-15-20-31(37-44(41,42)28-18-16-27(17-19-28)43-33-14-8-7-13-30(33)36)29(21-26)34(40)38(22-24-9-3-1-4-10-24)32(23-39)25-11-5-2-6-12-25/h1-21,32,37,39H,22-23H2/t32-/m0/s1. The molecule has 0 bridgehead atoms. The highest BCUT2D eigenvalue weighted by Gasteiger charge is 2.29. The normalized spacial score (nSPS) is 11.9. The van der Waals surface area contributed by atoms with Crippen LogP contribution < -0.4 is 9.46 Å². The summed E-state index contributed by atoms with van der Waals surface area (Å²) in [7, 11) is -4.14. The predicted molar refractivity (Wildman–Crippen MR) is 173 cm³/mol. The lowest BCUT2D eigenvalue weighted by Gasteiger charge is -2.32. The molecule has 0 aliphatic heterocycles. The molecule has 1 amide bonds. The second-order valence-electron chi connectivity index (χ2n) is 9.83. The maximum atomic E-state index is 14.3. The van der Waals surface area contributed by atoms with Gasteiger partial charge in [0.25, 0.3) is 15.9 Å². The first kappa shape index (κ1) is 31.1. The first-order valence-electron chi connectivity index (χ1n) is 13.6. The van der Waals surface area contributed by atoms with Gasteiger partial charge in [0, 0.05) is 11.6 Å². The Morgan fingerprint density at radius 2 is 1.45 bits per heavy atom. The van der Waals surface area contributed by atoms with Gasteiger partial charge < -0.3 is 14.7 Å². The molecule has 0 aliphatic rings. The first-order valence-corrected chi connectivity index (χ1v) is 15.8. The van der Waals surface area contributed by atoms with E-state index in [2.05, 4.69) is 4.72 Å². The summed E-state index contributed by atoms with van der Waals surface area (Å²) in [6.07, 6.45) is 0. The van der Waals surface area contributed by atoms with Gasteiger partial charge in [0.2, 0.25) is 0 Å². The molecule has 0 radical (unpaired) electrons. The van der Waals surface area contributed by atoms with E-state index in [-0.39, 0.29) is 34.3 Å². The third-order valence-corrected chi connectivity index (χ3v) is 8.77. The molecule has 44 heavy (non-hydrogen) atoms. The summed E-state index contributed by atoms with van der Waals surface area (Å²) in [5, 5.41) is 11.1. The zero-order valence-corrected chi connectivity index (χ0v) is 25.6. The molecule has 0 fully saturated rings. The van der Waals surface area contributed by atoms with Crippen LogP contribution in [0.15, 0.2) is 132 Å². The number of carbonyl (C=O) groups is 1. The fourth-order valence-electron chi connectivity index (χ4n) is 4.64. The number of anilines is 1. The molecule has 0 saturated carbocycles. The van der Waals surface area contributed by atoms with Gasteiger partial charge >= 0.3 is 0 Å². The van der Waals surface area contributed by atoms with Crippen molar-refractivity contribution in [3.8, 4) is 11.5 Å². The molecule has 224 valence electrons. The van der Waals surface area contributed by atoms with Gasteiger partial charge in [0.15, 0.2) is 0 Å². The average molecular weight is 648 g/mol. The second kappa shape index (κ2) is 14.0. The number of halogens is 2. The van der Waals surface area contributed by atoms with Crippen molar-refractivity contribution in [2.75, 3.05) is 11.3 Å². The molecular formula is C34H28Cl2N2O5S. The van der Waals surface area contributed by atoms with Gasteiger partial charge in [-0.1, -0.05) is 96.0 Å². The number of sulfonamides is 1. The summed E-state index contributed by atoms with van der Waals surface area (Å²) in [6.45, 7) is -0.196. The van der Waals surface area contributed by atoms with E-state index in [0.717, 1.165) is 11.1 Å². The van der Waals surface area contributed by atoms with Gasteiger partial charge in [-0.25, -0.2) is 8.42 Å². The Morgan fingerprint density at radius 3 is 2.11 bits per heavy atom. The number of hydrogen-bond acceptors (Lipinski definition) is 5. The van der Waals surface area contributed by atoms with Crippen molar-refractivity contribution in [1.29, 1.82) is 0 Å². The quantitative estimate of drug-likeness (QED) is 0.152.